The van der Waals surface area contributed by atoms with E-state index in [-0.39, 0.29) is 23.1 Å². The molecule has 0 aromatic carbocycles. The van der Waals surface area contributed by atoms with Crippen molar-refractivity contribution in [1.82, 2.24) is 14.8 Å². The van der Waals surface area contributed by atoms with Crippen molar-refractivity contribution in [2.24, 2.45) is 17.3 Å². The highest BCUT2D eigenvalue weighted by Gasteiger charge is 2.53. The molecule has 140 valence electrons. The van der Waals surface area contributed by atoms with E-state index in [0.717, 1.165) is 25.9 Å². The number of carbonyl (C=O) groups excluding carboxylic acids is 2. The second kappa shape index (κ2) is 6.99. The molecule has 26 heavy (non-hydrogen) atoms. The highest BCUT2D eigenvalue weighted by Crippen LogP contribution is 2.46. The second-order valence-corrected chi connectivity index (χ2v) is 8.04. The van der Waals surface area contributed by atoms with Gasteiger partial charge in [-0.15, -0.1) is 0 Å². The number of methoxy groups -OCH3 is 1. The zero-order valence-corrected chi connectivity index (χ0v) is 15.4. The van der Waals surface area contributed by atoms with Gasteiger partial charge in [-0.05, 0) is 43.7 Å². The van der Waals surface area contributed by atoms with Crippen LogP contribution in [-0.4, -0.2) is 66.5 Å². The summed E-state index contributed by atoms with van der Waals surface area (Å²) in [6, 6.07) is 5.42. The molecule has 1 aliphatic carbocycles. The molecule has 1 aromatic heterocycles. The van der Waals surface area contributed by atoms with Gasteiger partial charge in [0.1, 0.15) is 5.69 Å². The first-order chi connectivity index (χ1) is 12.6. The number of piperidine rings is 1. The smallest absolute Gasteiger partial charge is 0.272 e. The van der Waals surface area contributed by atoms with E-state index in [1.807, 2.05) is 17.0 Å². The molecule has 6 nitrogen and oxygen atoms in total. The summed E-state index contributed by atoms with van der Waals surface area (Å²) in [4.78, 5) is 33.7. The summed E-state index contributed by atoms with van der Waals surface area (Å²) in [7, 11) is 1.67. The predicted octanol–water partition coefficient (Wildman–Crippen LogP) is 1.82. The molecule has 2 saturated heterocycles. The van der Waals surface area contributed by atoms with Crippen molar-refractivity contribution in [2.75, 3.05) is 39.9 Å². The third-order valence-electron chi connectivity index (χ3n) is 6.29. The molecule has 6 heteroatoms. The first kappa shape index (κ1) is 17.5. The first-order valence-electron chi connectivity index (χ1n) is 9.61. The number of nitrogens with zero attached hydrogens (tertiary/aromatic N) is 3. The van der Waals surface area contributed by atoms with E-state index in [1.54, 1.807) is 19.4 Å². The first-order valence-corrected chi connectivity index (χ1v) is 9.61. The van der Waals surface area contributed by atoms with Crippen molar-refractivity contribution in [1.29, 1.82) is 0 Å². The van der Waals surface area contributed by atoms with Gasteiger partial charge in [-0.2, -0.15) is 0 Å². The monoisotopic (exact) mass is 357 g/mol. The number of hydrogen-bond acceptors (Lipinski definition) is 4. The zero-order chi connectivity index (χ0) is 18.1. The van der Waals surface area contributed by atoms with Gasteiger partial charge in [-0.3, -0.25) is 14.6 Å². The van der Waals surface area contributed by atoms with E-state index in [9.17, 15) is 9.59 Å². The van der Waals surface area contributed by atoms with Gasteiger partial charge in [0.15, 0.2) is 0 Å². The van der Waals surface area contributed by atoms with Crippen molar-refractivity contribution >= 4 is 11.8 Å². The van der Waals surface area contributed by atoms with Crippen LogP contribution >= 0.6 is 0 Å². The quantitative estimate of drug-likeness (QED) is 0.806. The van der Waals surface area contributed by atoms with Gasteiger partial charge in [-0.25, -0.2) is 0 Å². The lowest BCUT2D eigenvalue weighted by Gasteiger charge is -2.41. The Hall–Kier alpha value is -1.95. The molecular weight excluding hydrogens is 330 g/mol. The number of aromatic nitrogens is 1. The third kappa shape index (κ3) is 3.22. The Bertz CT molecular complexity index is 666. The summed E-state index contributed by atoms with van der Waals surface area (Å²) in [5.41, 5.74) is 0.442. The molecule has 1 saturated carbocycles. The van der Waals surface area contributed by atoms with Crippen LogP contribution in [0.25, 0.3) is 0 Å². The standard InChI is InChI=1S/C20H27N3O3/c1-26-13-16-18(24)23(12-15-5-6-15)14-20(16)7-10-22(11-8-20)19(25)17-4-2-3-9-21-17/h2-4,9,15-16H,5-8,10-14H2,1H3. The predicted molar refractivity (Wildman–Crippen MR) is 96.5 cm³/mol. The molecule has 2 amide bonds. The number of amides is 2. The number of carbonyl (C=O) groups is 2. The normalized spacial score (nSPS) is 25.1. The van der Waals surface area contributed by atoms with Crippen molar-refractivity contribution in [2.45, 2.75) is 25.7 Å². The molecule has 1 aromatic rings. The maximum absolute atomic E-state index is 12.9. The van der Waals surface area contributed by atoms with Crippen molar-refractivity contribution < 1.29 is 14.3 Å². The fourth-order valence-corrected chi connectivity index (χ4v) is 4.54. The number of ether oxygens (including phenoxy) is 1. The van der Waals surface area contributed by atoms with Gasteiger partial charge in [0, 0.05) is 44.9 Å². The Morgan fingerprint density at radius 3 is 2.69 bits per heavy atom. The molecule has 3 aliphatic rings. The highest BCUT2D eigenvalue weighted by atomic mass is 16.5. The van der Waals surface area contributed by atoms with Crippen LogP contribution in [0.5, 0.6) is 0 Å². The lowest BCUT2D eigenvalue weighted by molar-refractivity contribution is -0.133. The van der Waals surface area contributed by atoms with E-state index >= 15 is 0 Å². The molecule has 4 rings (SSSR count). The van der Waals surface area contributed by atoms with Gasteiger partial charge in [-0.1, -0.05) is 6.07 Å². The molecular formula is C20H27N3O3. The van der Waals surface area contributed by atoms with E-state index < -0.39 is 0 Å². The average Bonchev–Trinajstić information content (AvgIpc) is 3.46. The van der Waals surface area contributed by atoms with E-state index in [0.29, 0.717) is 31.3 Å². The molecule has 3 heterocycles. The molecule has 0 bridgehead atoms. The number of likely N-dealkylation sites (tertiary alicyclic amines) is 2. The summed E-state index contributed by atoms with van der Waals surface area (Å²) in [6.45, 7) is 3.56. The minimum absolute atomic E-state index is 0.0112. The van der Waals surface area contributed by atoms with Crippen LogP contribution in [0.2, 0.25) is 0 Å². The SMILES string of the molecule is COCC1C(=O)N(CC2CC2)CC12CCN(C(=O)c1ccccn1)CC2. The average molecular weight is 357 g/mol. The Morgan fingerprint density at radius 1 is 1.31 bits per heavy atom. The Morgan fingerprint density at radius 2 is 2.08 bits per heavy atom. The van der Waals surface area contributed by atoms with Crippen LogP contribution in [0, 0.1) is 17.3 Å². The fourth-order valence-electron chi connectivity index (χ4n) is 4.54. The minimum Gasteiger partial charge on any atom is -0.384 e. The molecule has 1 unspecified atom stereocenters. The Balaban J connectivity index is 1.45. The highest BCUT2D eigenvalue weighted by molar-refractivity contribution is 5.92. The molecule has 1 spiro atoms. The van der Waals surface area contributed by atoms with Crippen LogP contribution < -0.4 is 0 Å². The maximum Gasteiger partial charge on any atom is 0.272 e. The van der Waals surface area contributed by atoms with E-state index in [4.69, 9.17) is 4.74 Å². The van der Waals surface area contributed by atoms with Gasteiger partial charge >= 0.3 is 0 Å². The van der Waals surface area contributed by atoms with E-state index in [1.165, 1.54) is 12.8 Å². The summed E-state index contributed by atoms with van der Waals surface area (Å²) >= 11 is 0. The third-order valence-corrected chi connectivity index (χ3v) is 6.29. The van der Waals surface area contributed by atoms with E-state index in [2.05, 4.69) is 9.88 Å². The van der Waals surface area contributed by atoms with Crippen LogP contribution in [0.4, 0.5) is 0 Å². The number of rotatable bonds is 5. The largest absolute Gasteiger partial charge is 0.384 e. The summed E-state index contributed by atoms with van der Waals surface area (Å²) in [5, 5.41) is 0. The Kier molecular flexibility index (Phi) is 4.69. The van der Waals surface area contributed by atoms with Crippen LogP contribution in [0.3, 0.4) is 0 Å². The zero-order valence-electron chi connectivity index (χ0n) is 15.4. The van der Waals surface area contributed by atoms with Crippen molar-refractivity contribution in [3.63, 3.8) is 0 Å². The summed E-state index contributed by atoms with van der Waals surface area (Å²) < 4.78 is 5.40. The molecule has 0 N–H and O–H groups in total. The molecule has 3 fully saturated rings. The number of pyridine rings is 1. The fraction of sp³-hybridized carbons (Fsp3) is 0.650. The van der Waals surface area contributed by atoms with Crippen molar-refractivity contribution in [3.05, 3.63) is 30.1 Å². The van der Waals surface area contributed by atoms with Gasteiger partial charge in [0.2, 0.25) is 5.91 Å². The minimum atomic E-state index is -0.0710. The van der Waals surface area contributed by atoms with Gasteiger partial charge in [0.25, 0.3) is 5.91 Å². The van der Waals surface area contributed by atoms with Crippen LogP contribution in [-0.2, 0) is 9.53 Å². The maximum atomic E-state index is 12.9. The van der Waals surface area contributed by atoms with Gasteiger partial charge < -0.3 is 14.5 Å². The second-order valence-electron chi connectivity index (χ2n) is 8.04. The number of hydrogen-bond donors (Lipinski definition) is 0. The molecule has 0 radical (unpaired) electrons. The molecule has 1 atom stereocenters. The van der Waals surface area contributed by atoms with Crippen LogP contribution in [0.1, 0.15) is 36.2 Å². The lowest BCUT2D eigenvalue weighted by Crippen LogP contribution is -2.47. The topological polar surface area (TPSA) is 62.7 Å². The Labute approximate surface area is 154 Å². The van der Waals surface area contributed by atoms with Crippen LogP contribution in [0.15, 0.2) is 24.4 Å². The lowest BCUT2D eigenvalue weighted by atomic mass is 9.71. The summed E-state index contributed by atoms with van der Waals surface area (Å²) in [6.07, 6.45) is 5.86. The van der Waals surface area contributed by atoms with Crippen molar-refractivity contribution in [3.8, 4) is 0 Å². The van der Waals surface area contributed by atoms with Gasteiger partial charge in [0.05, 0.1) is 12.5 Å². The molecule has 2 aliphatic heterocycles. The summed E-state index contributed by atoms with van der Waals surface area (Å²) in [5.74, 6) is 0.868.